The fourth-order valence-electron chi connectivity index (χ4n) is 3.27. The minimum absolute atomic E-state index is 0.0870. The summed E-state index contributed by atoms with van der Waals surface area (Å²) in [6, 6.07) is 17.3. The topological polar surface area (TPSA) is 71.1 Å². The Bertz CT molecular complexity index is 820. The number of benzene rings is 2. The van der Waals surface area contributed by atoms with Gasteiger partial charge in [0.25, 0.3) is 0 Å². The third-order valence-corrected chi connectivity index (χ3v) is 4.72. The largest absolute Gasteiger partial charge is 0.452 e. The summed E-state index contributed by atoms with van der Waals surface area (Å²) in [5.41, 5.74) is 0.810. The van der Waals surface area contributed by atoms with Crippen LogP contribution in [0.2, 0.25) is 0 Å². The Hall–Kier alpha value is -2.96. The van der Waals surface area contributed by atoms with Gasteiger partial charge in [0, 0.05) is 7.11 Å². The summed E-state index contributed by atoms with van der Waals surface area (Å²) in [4.78, 5) is 25.2. The van der Waals surface area contributed by atoms with E-state index in [2.05, 4.69) is 6.58 Å². The van der Waals surface area contributed by atoms with Crippen molar-refractivity contribution >= 4 is 11.9 Å². The van der Waals surface area contributed by atoms with Crippen LogP contribution in [0.5, 0.6) is 0 Å². The van der Waals surface area contributed by atoms with Gasteiger partial charge < -0.3 is 18.9 Å². The van der Waals surface area contributed by atoms with Crippen LogP contribution < -0.4 is 0 Å². The molecule has 1 fully saturated rings. The summed E-state index contributed by atoms with van der Waals surface area (Å²) in [5, 5.41) is 0. The lowest BCUT2D eigenvalue weighted by Crippen LogP contribution is -2.56. The van der Waals surface area contributed by atoms with E-state index < -0.39 is 30.3 Å². The quantitative estimate of drug-likeness (QED) is 0.528. The van der Waals surface area contributed by atoms with E-state index in [1.807, 2.05) is 12.1 Å². The molecule has 29 heavy (non-hydrogen) atoms. The molecule has 1 saturated heterocycles. The van der Waals surface area contributed by atoms with E-state index in [0.717, 1.165) is 0 Å². The highest BCUT2D eigenvalue weighted by atomic mass is 16.6. The third kappa shape index (κ3) is 5.10. The maximum atomic E-state index is 12.7. The SMILES string of the molecule is C=CC[C@@H]1OC[C@H](OC(=O)c2ccccc2)[C@H](OC(=O)c2ccccc2)[C@H]1OC. The molecule has 0 saturated carbocycles. The molecule has 0 N–H and O–H groups in total. The zero-order valence-corrected chi connectivity index (χ0v) is 16.2. The maximum Gasteiger partial charge on any atom is 0.338 e. The van der Waals surface area contributed by atoms with Crippen LogP contribution in [0, 0.1) is 0 Å². The average molecular weight is 396 g/mol. The highest BCUT2D eigenvalue weighted by Gasteiger charge is 2.45. The Morgan fingerprint density at radius 1 is 0.966 bits per heavy atom. The summed E-state index contributed by atoms with van der Waals surface area (Å²) in [7, 11) is 1.51. The lowest BCUT2D eigenvalue weighted by molar-refractivity contribution is -0.196. The summed E-state index contributed by atoms with van der Waals surface area (Å²) in [6.45, 7) is 3.82. The van der Waals surface area contributed by atoms with Gasteiger partial charge in [-0.25, -0.2) is 9.59 Å². The van der Waals surface area contributed by atoms with Crippen LogP contribution in [0.25, 0.3) is 0 Å². The predicted molar refractivity (Wildman–Crippen MR) is 107 cm³/mol. The molecular formula is C23H24O6. The second kappa shape index (κ2) is 10.0. The van der Waals surface area contributed by atoms with Gasteiger partial charge in [-0.2, -0.15) is 0 Å². The molecule has 0 radical (unpaired) electrons. The second-order valence-corrected chi connectivity index (χ2v) is 6.64. The Balaban J connectivity index is 1.81. The number of carbonyl (C=O) groups is 2. The number of esters is 2. The predicted octanol–water partition coefficient (Wildman–Crippen LogP) is 3.43. The average Bonchev–Trinajstić information content (AvgIpc) is 2.77. The van der Waals surface area contributed by atoms with Crippen LogP contribution in [-0.4, -0.2) is 50.1 Å². The molecule has 0 amide bonds. The molecule has 4 atom stereocenters. The van der Waals surface area contributed by atoms with Gasteiger partial charge in [0.1, 0.15) is 6.10 Å². The highest BCUT2D eigenvalue weighted by Crippen LogP contribution is 2.27. The summed E-state index contributed by atoms with van der Waals surface area (Å²) >= 11 is 0. The van der Waals surface area contributed by atoms with Crippen molar-refractivity contribution in [2.75, 3.05) is 13.7 Å². The molecular weight excluding hydrogens is 372 g/mol. The lowest BCUT2D eigenvalue weighted by atomic mass is 9.97. The fraction of sp³-hybridized carbons (Fsp3) is 0.304. The van der Waals surface area contributed by atoms with Crippen LogP contribution in [-0.2, 0) is 18.9 Å². The summed E-state index contributed by atoms with van der Waals surface area (Å²) < 4.78 is 22.8. The third-order valence-electron chi connectivity index (χ3n) is 4.72. The molecule has 2 aromatic carbocycles. The number of rotatable bonds is 7. The molecule has 0 bridgehead atoms. The van der Waals surface area contributed by atoms with Crippen molar-refractivity contribution in [2.45, 2.75) is 30.8 Å². The first-order valence-electron chi connectivity index (χ1n) is 9.41. The molecule has 6 nitrogen and oxygen atoms in total. The van der Waals surface area contributed by atoms with Crippen molar-refractivity contribution in [3.8, 4) is 0 Å². The number of hydrogen-bond donors (Lipinski definition) is 0. The van der Waals surface area contributed by atoms with Gasteiger partial charge in [0.15, 0.2) is 12.2 Å². The number of ether oxygens (including phenoxy) is 4. The smallest absolute Gasteiger partial charge is 0.338 e. The van der Waals surface area contributed by atoms with E-state index in [-0.39, 0.29) is 12.7 Å². The van der Waals surface area contributed by atoms with Gasteiger partial charge in [-0.05, 0) is 30.7 Å². The Morgan fingerprint density at radius 2 is 1.52 bits per heavy atom. The van der Waals surface area contributed by atoms with Crippen LogP contribution in [0.15, 0.2) is 73.3 Å². The molecule has 3 rings (SSSR count). The van der Waals surface area contributed by atoms with Gasteiger partial charge in [0.2, 0.25) is 0 Å². The van der Waals surface area contributed by atoms with Crippen molar-refractivity contribution in [2.24, 2.45) is 0 Å². The number of methoxy groups -OCH3 is 1. The molecule has 0 aromatic heterocycles. The van der Waals surface area contributed by atoms with Gasteiger partial charge >= 0.3 is 11.9 Å². The zero-order chi connectivity index (χ0) is 20.6. The van der Waals surface area contributed by atoms with Crippen LogP contribution in [0.1, 0.15) is 27.1 Å². The molecule has 1 aliphatic heterocycles. The van der Waals surface area contributed by atoms with Gasteiger partial charge in [-0.15, -0.1) is 6.58 Å². The van der Waals surface area contributed by atoms with Crippen molar-refractivity contribution in [1.29, 1.82) is 0 Å². The molecule has 0 unspecified atom stereocenters. The standard InChI is InChI=1S/C23H24O6/c1-3-10-18-20(26-2)21(29-23(25)17-13-8-5-9-14-17)19(15-27-18)28-22(24)16-11-6-4-7-12-16/h3-9,11-14,18-21H,1,10,15H2,2H3/t18-,19-,20-,21-/m0/s1. The molecule has 152 valence electrons. The van der Waals surface area contributed by atoms with Gasteiger partial charge in [-0.1, -0.05) is 42.5 Å². The first kappa shape index (κ1) is 20.8. The first-order chi connectivity index (χ1) is 14.1. The van der Waals surface area contributed by atoms with E-state index in [0.29, 0.717) is 17.5 Å². The number of carbonyl (C=O) groups excluding carboxylic acids is 2. The number of hydrogen-bond acceptors (Lipinski definition) is 6. The molecule has 2 aromatic rings. The lowest BCUT2D eigenvalue weighted by Gasteiger charge is -2.40. The normalized spacial score (nSPS) is 23.8. The molecule has 0 aliphatic carbocycles. The van der Waals surface area contributed by atoms with E-state index in [9.17, 15) is 9.59 Å². The van der Waals surface area contributed by atoms with Crippen LogP contribution >= 0.6 is 0 Å². The molecule has 0 spiro atoms. The van der Waals surface area contributed by atoms with Crippen molar-refractivity contribution in [1.82, 2.24) is 0 Å². The van der Waals surface area contributed by atoms with E-state index >= 15 is 0 Å². The Morgan fingerprint density at radius 3 is 2.03 bits per heavy atom. The first-order valence-corrected chi connectivity index (χ1v) is 9.41. The minimum Gasteiger partial charge on any atom is -0.452 e. The van der Waals surface area contributed by atoms with E-state index in [1.165, 1.54) is 7.11 Å². The van der Waals surface area contributed by atoms with E-state index in [4.69, 9.17) is 18.9 Å². The minimum atomic E-state index is -0.820. The van der Waals surface area contributed by atoms with Crippen LogP contribution in [0.4, 0.5) is 0 Å². The Kier molecular flexibility index (Phi) is 7.16. The molecule has 1 aliphatic rings. The van der Waals surface area contributed by atoms with Gasteiger partial charge in [-0.3, -0.25) is 0 Å². The zero-order valence-electron chi connectivity index (χ0n) is 16.2. The van der Waals surface area contributed by atoms with E-state index in [1.54, 1.807) is 54.6 Å². The summed E-state index contributed by atoms with van der Waals surface area (Å²) in [6.07, 6.45) is -0.374. The van der Waals surface area contributed by atoms with Crippen molar-refractivity contribution in [3.63, 3.8) is 0 Å². The van der Waals surface area contributed by atoms with Crippen molar-refractivity contribution in [3.05, 3.63) is 84.4 Å². The monoisotopic (exact) mass is 396 g/mol. The Labute approximate surface area is 170 Å². The second-order valence-electron chi connectivity index (χ2n) is 6.64. The van der Waals surface area contributed by atoms with Crippen LogP contribution in [0.3, 0.4) is 0 Å². The summed E-state index contributed by atoms with van der Waals surface area (Å²) in [5.74, 6) is -1.03. The molecule has 1 heterocycles. The fourth-order valence-corrected chi connectivity index (χ4v) is 3.27. The highest BCUT2D eigenvalue weighted by molar-refractivity contribution is 5.90. The maximum absolute atomic E-state index is 12.7. The van der Waals surface area contributed by atoms with Crippen molar-refractivity contribution < 1.29 is 28.5 Å². The van der Waals surface area contributed by atoms with Gasteiger partial charge in [0.05, 0.1) is 23.8 Å². The molecule has 6 heteroatoms.